The third kappa shape index (κ3) is 6.68. The van der Waals surface area contributed by atoms with E-state index in [4.69, 9.17) is 13.3 Å². The van der Waals surface area contributed by atoms with Gasteiger partial charge in [-0.1, -0.05) is 35.2 Å². The molecule has 92 valence electrons. The van der Waals surface area contributed by atoms with Gasteiger partial charge in [-0.2, -0.15) is 0 Å². The summed E-state index contributed by atoms with van der Waals surface area (Å²) in [5.74, 6) is 0. The Bertz CT molecular complexity index is 134. The molecule has 0 unspecified atom stereocenters. The molecule has 5 heteroatoms. The normalized spacial score (nSPS) is 12.0. The summed E-state index contributed by atoms with van der Waals surface area (Å²) in [5, 5.41) is 1.11. The zero-order valence-corrected chi connectivity index (χ0v) is 12.6. The minimum absolute atomic E-state index is 0.921. The smallest absolute Gasteiger partial charge is 0.377 e. The molecule has 3 nitrogen and oxygen atoms in total. The molecule has 0 aromatic carbocycles. The molecule has 0 spiro atoms. The van der Waals surface area contributed by atoms with Crippen LogP contribution in [0.1, 0.15) is 32.1 Å². The topological polar surface area (TPSA) is 27.7 Å². The molecule has 15 heavy (non-hydrogen) atoms. The Balaban J connectivity index is 3.54. The number of halogens is 1. The highest BCUT2D eigenvalue weighted by molar-refractivity contribution is 9.09. The highest BCUT2D eigenvalue weighted by Crippen LogP contribution is 2.17. The maximum atomic E-state index is 5.35. The lowest BCUT2D eigenvalue weighted by atomic mass is 10.2. The molecule has 0 aliphatic carbocycles. The van der Waals surface area contributed by atoms with Gasteiger partial charge < -0.3 is 13.3 Å². The average molecular weight is 299 g/mol. The standard InChI is InChI=1S/C10H23BrO3Si/c1-12-15(13-2,14-3)10-8-6-4-5-7-9-11/h4-10H2,1-3H3. The van der Waals surface area contributed by atoms with Crippen LogP contribution in [0.4, 0.5) is 0 Å². The van der Waals surface area contributed by atoms with E-state index in [2.05, 4.69) is 15.9 Å². The number of hydrogen-bond acceptors (Lipinski definition) is 3. The number of alkyl halides is 1. The van der Waals surface area contributed by atoms with Crippen LogP contribution in [0.25, 0.3) is 0 Å². The quantitative estimate of drug-likeness (QED) is 0.352. The summed E-state index contributed by atoms with van der Waals surface area (Å²) in [6, 6.07) is 0.921. The summed E-state index contributed by atoms with van der Waals surface area (Å²) in [7, 11) is 2.72. The van der Waals surface area contributed by atoms with E-state index in [1.54, 1.807) is 21.3 Å². The van der Waals surface area contributed by atoms with Crippen molar-refractivity contribution in [2.45, 2.75) is 38.1 Å². The van der Waals surface area contributed by atoms with Crippen LogP contribution in [0, 0.1) is 0 Å². The maximum absolute atomic E-state index is 5.35. The van der Waals surface area contributed by atoms with Gasteiger partial charge in [-0.3, -0.25) is 0 Å². The van der Waals surface area contributed by atoms with Crippen LogP contribution in [0.2, 0.25) is 6.04 Å². The van der Waals surface area contributed by atoms with Crippen molar-refractivity contribution < 1.29 is 13.3 Å². The van der Waals surface area contributed by atoms with Crippen molar-refractivity contribution in [2.75, 3.05) is 26.7 Å². The SMILES string of the molecule is CO[Si](CCCCCCCBr)(OC)OC. The lowest BCUT2D eigenvalue weighted by Gasteiger charge is -2.24. The Hall–Kier alpha value is 0.577. The highest BCUT2D eigenvalue weighted by Gasteiger charge is 2.36. The van der Waals surface area contributed by atoms with E-state index < -0.39 is 8.80 Å². The Kier molecular flexibility index (Phi) is 10.2. The Morgan fingerprint density at radius 3 is 1.73 bits per heavy atom. The van der Waals surface area contributed by atoms with Crippen LogP contribution in [-0.4, -0.2) is 35.5 Å². The first-order valence-corrected chi connectivity index (χ1v) is 8.51. The predicted molar refractivity (Wildman–Crippen MR) is 68.5 cm³/mol. The van der Waals surface area contributed by atoms with Crippen molar-refractivity contribution in [3.63, 3.8) is 0 Å². The van der Waals surface area contributed by atoms with Gasteiger partial charge >= 0.3 is 8.80 Å². The van der Waals surface area contributed by atoms with E-state index in [9.17, 15) is 0 Å². The van der Waals surface area contributed by atoms with Gasteiger partial charge in [-0.25, -0.2) is 0 Å². The largest absolute Gasteiger partial charge is 0.500 e. The predicted octanol–water partition coefficient (Wildman–Crippen LogP) is 3.21. The Morgan fingerprint density at radius 2 is 1.27 bits per heavy atom. The molecule has 0 atom stereocenters. The van der Waals surface area contributed by atoms with Crippen LogP contribution in [0.15, 0.2) is 0 Å². The maximum Gasteiger partial charge on any atom is 0.500 e. The monoisotopic (exact) mass is 298 g/mol. The van der Waals surface area contributed by atoms with Crippen LogP contribution < -0.4 is 0 Å². The van der Waals surface area contributed by atoms with E-state index in [0.717, 1.165) is 17.8 Å². The second-order valence-corrected chi connectivity index (χ2v) is 7.39. The molecule has 0 aromatic heterocycles. The second-order valence-electron chi connectivity index (χ2n) is 3.50. The summed E-state index contributed by atoms with van der Waals surface area (Å²) < 4.78 is 16.1. The molecule has 0 rings (SSSR count). The van der Waals surface area contributed by atoms with Gasteiger partial charge in [0.2, 0.25) is 0 Å². The lowest BCUT2D eigenvalue weighted by molar-refractivity contribution is 0.122. The number of hydrogen-bond donors (Lipinski definition) is 0. The van der Waals surface area contributed by atoms with Crippen molar-refractivity contribution in [3.8, 4) is 0 Å². The van der Waals surface area contributed by atoms with Crippen molar-refractivity contribution in [2.24, 2.45) is 0 Å². The fourth-order valence-electron chi connectivity index (χ4n) is 1.52. The Labute approximate surface area is 103 Å². The number of rotatable bonds is 10. The summed E-state index contributed by atoms with van der Waals surface area (Å²) >= 11 is 3.43. The van der Waals surface area contributed by atoms with E-state index in [1.807, 2.05) is 0 Å². The van der Waals surface area contributed by atoms with Gasteiger partial charge in [-0.15, -0.1) is 0 Å². The van der Waals surface area contributed by atoms with Crippen molar-refractivity contribution >= 4 is 24.7 Å². The third-order valence-electron chi connectivity index (χ3n) is 2.55. The van der Waals surface area contributed by atoms with Gasteiger partial charge in [0.25, 0.3) is 0 Å². The average Bonchev–Trinajstić information content (AvgIpc) is 2.29. The molecule has 0 saturated heterocycles. The van der Waals surface area contributed by atoms with Crippen molar-refractivity contribution in [1.82, 2.24) is 0 Å². The van der Waals surface area contributed by atoms with E-state index >= 15 is 0 Å². The van der Waals surface area contributed by atoms with Gasteiger partial charge in [0, 0.05) is 32.7 Å². The Morgan fingerprint density at radius 1 is 0.800 bits per heavy atom. The van der Waals surface area contributed by atoms with E-state index in [0.29, 0.717) is 0 Å². The second kappa shape index (κ2) is 9.78. The van der Waals surface area contributed by atoms with Crippen molar-refractivity contribution in [3.05, 3.63) is 0 Å². The van der Waals surface area contributed by atoms with Gasteiger partial charge in [0.05, 0.1) is 0 Å². The zero-order valence-electron chi connectivity index (χ0n) is 10.1. The molecule has 0 amide bonds. The van der Waals surface area contributed by atoms with Crippen LogP contribution in [0.3, 0.4) is 0 Å². The molecule has 0 bridgehead atoms. The molecule has 0 heterocycles. The summed E-state index contributed by atoms with van der Waals surface area (Å²) in [4.78, 5) is 0. The van der Waals surface area contributed by atoms with Gasteiger partial charge in [0.15, 0.2) is 0 Å². The first-order chi connectivity index (χ1) is 7.24. The van der Waals surface area contributed by atoms with Crippen LogP contribution in [-0.2, 0) is 13.3 Å². The summed E-state index contributed by atoms with van der Waals surface area (Å²) in [5.41, 5.74) is 0. The number of unbranched alkanes of at least 4 members (excludes halogenated alkanes) is 4. The zero-order chi connectivity index (χ0) is 11.6. The molecule has 0 radical (unpaired) electrons. The summed E-state index contributed by atoms with van der Waals surface area (Å²) in [6.07, 6.45) is 6.21. The molecular weight excluding hydrogens is 276 g/mol. The fourth-order valence-corrected chi connectivity index (χ4v) is 3.71. The van der Waals surface area contributed by atoms with Crippen LogP contribution >= 0.6 is 15.9 Å². The minimum Gasteiger partial charge on any atom is -0.377 e. The molecule has 0 aliphatic rings. The van der Waals surface area contributed by atoms with Gasteiger partial charge in [0.1, 0.15) is 0 Å². The summed E-state index contributed by atoms with van der Waals surface area (Å²) in [6.45, 7) is 0. The highest BCUT2D eigenvalue weighted by atomic mass is 79.9. The van der Waals surface area contributed by atoms with E-state index in [1.165, 1.54) is 25.7 Å². The lowest BCUT2D eigenvalue weighted by Crippen LogP contribution is -2.42. The first-order valence-electron chi connectivity index (χ1n) is 5.46. The van der Waals surface area contributed by atoms with E-state index in [-0.39, 0.29) is 0 Å². The van der Waals surface area contributed by atoms with Crippen molar-refractivity contribution in [1.29, 1.82) is 0 Å². The molecule has 0 aliphatic heterocycles. The molecule has 0 saturated carbocycles. The van der Waals surface area contributed by atoms with Gasteiger partial charge in [-0.05, 0) is 12.8 Å². The molecule has 0 N–H and O–H groups in total. The molecule has 0 aromatic rings. The minimum atomic E-state index is -2.30. The first kappa shape index (κ1) is 15.6. The van der Waals surface area contributed by atoms with Crippen LogP contribution in [0.5, 0.6) is 0 Å². The molecule has 0 fully saturated rings. The molecular formula is C10H23BrO3Si. The third-order valence-corrected chi connectivity index (χ3v) is 5.94. The fraction of sp³-hybridized carbons (Fsp3) is 1.00.